The zero-order chi connectivity index (χ0) is 25.1. The van der Waals surface area contributed by atoms with Gasteiger partial charge in [-0.2, -0.15) is 0 Å². The Morgan fingerprint density at radius 3 is 2.15 bits per heavy atom. The van der Waals surface area contributed by atoms with Crippen molar-refractivity contribution in [2.24, 2.45) is 0 Å². The molecule has 0 radical (unpaired) electrons. The van der Waals surface area contributed by atoms with Crippen molar-refractivity contribution in [1.82, 2.24) is 0 Å². The van der Waals surface area contributed by atoms with Gasteiger partial charge in [0.1, 0.15) is 18.3 Å². The summed E-state index contributed by atoms with van der Waals surface area (Å²) in [7, 11) is 4.35. The number of methoxy groups -OCH3 is 3. The van der Waals surface area contributed by atoms with E-state index in [9.17, 15) is 14.9 Å². The highest BCUT2D eigenvalue weighted by atomic mass is 16.8. The van der Waals surface area contributed by atoms with Crippen LogP contribution in [-0.2, 0) is 49.3 Å². The first-order chi connectivity index (χ1) is 16.1. The highest BCUT2D eigenvalue weighted by Gasteiger charge is 2.63. The lowest BCUT2D eigenvalue weighted by Gasteiger charge is -2.56. The molecule has 3 rings (SSSR count). The number of non-ortho nitro benzene ring substituents is 1. The average Bonchev–Trinajstić information content (AvgIpc) is 2.81. The van der Waals surface area contributed by atoms with E-state index in [-0.39, 0.29) is 18.9 Å². The van der Waals surface area contributed by atoms with Crippen LogP contribution in [0.4, 0.5) is 5.69 Å². The zero-order valence-corrected chi connectivity index (χ0v) is 20.0. The van der Waals surface area contributed by atoms with Gasteiger partial charge in [-0.3, -0.25) is 14.9 Å². The second kappa shape index (κ2) is 10.6. The maximum Gasteiger partial charge on any atom is 0.303 e. The fraction of sp³-hybridized carbons (Fsp3) is 0.682. The van der Waals surface area contributed by atoms with Crippen LogP contribution in [0.2, 0.25) is 0 Å². The molecular weight excluding hydrogens is 454 g/mol. The van der Waals surface area contributed by atoms with E-state index < -0.39 is 53.2 Å². The first kappa shape index (κ1) is 26.4. The highest BCUT2D eigenvalue weighted by molar-refractivity contribution is 5.66. The first-order valence-electron chi connectivity index (χ1n) is 10.7. The van der Waals surface area contributed by atoms with E-state index in [2.05, 4.69) is 0 Å². The second-order valence-corrected chi connectivity index (χ2v) is 8.26. The lowest BCUT2D eigenvalue weighted by Crippen LogP contribution is -2.73. The van der Waals surface area contributed by atoms with Crippen LogP contribution in [0.3, 0.4) is 0 Å². The van der Waals surface area contributed by atoms with Crippen molar-refractivity contribution in [1.29, 1.82) is 0 Å². The molecule has 34 heavy (non-hydrogen) atoms. The number of nitro groups is 1. The van der Waals surface area contributed by atoms with Gasteiger partial charge in [0.05, 0.1) is 18.1 Å². The summed E-state index contributed by atoms with van der Waals surface area (Å²) < 4.78 is 46.5. The topological polar surface area (TPSA) is 134 Å². The SMILES string of the molecule is CO[C@H]1O[C@H](COCc2ccc([N+](=O)[O-])cc2)[C@H]2O[C@](C)(OC)[C@@](C)(OC)O[C@@H]2[C@@H]1OC(C)=O. The molecule has 2 saturated heterocycles. The molecular formula is C22H31NO11. The maximum atomic E-state index is 11.8. The minimum Gasteiger partial charge on any atom is -0.454 e. The van der Waals surface area contributed by atoms with Crippen molar-refractivity contribution in [3.63, 3.8) is 0 Å². The van der Waals surface area contributed by atoms with E-state index >= 15 is 0 Å². The number of benzene rings is 1. The molecule has 12 heteroatoms. The van der Waals surface area contributed by atoms with Crippen molar-refractivity contribution in [3.8, 4) is 0 Å². The van der Waals surface area contributed by atoms with Gasteiger partial charge in [0.15, 0.2) is 12.4 Å². The highest BCUT2D eigenvalue weighted by Crippen LogP contribution is 2.44. The van der Waals surface area contributed by atoms with E-state index in [1.54, 1.807) is 26.0 Å². The van der Waals surface area contributed by atoms with Crippen LogP contribution in [0.1, 0.15) is 26.3 Å². The number of ether oxygens (including phenoxy) is 8. The van der Waals surface area contributed by atoms with Gasteiger partial charge in [0, 0.05) is 40.4 Å². The number of esters is 1. The van der Waals surface area contributed by atoms with Crippen LogP contribution < -0.4 is 0 Å². The molecule has 1 aromatic rings. The zero-order valence-electron chi connectivity index (χ0n) is 20.0. The van der Waals surface area contributed by atoms with Crippen molar-refractivity contribution >= 4 is 11.7 Å². The number of hydrogen-bond acceptors (Lipinski definition) is 11. The van der Waals surface area contributed by atoms with Gasteiger partial charge in [-0.05, 0) is 31.5 Å². The van der Waals surface area contributed by atoms with E-state index in [1.807, 2.05) is 0 Å². The summed E-state index contributed by atoms with van der Waals surface area (Å²) in [6.07, 6.45) is -4.15. The summed E-state index contributed by atoms with van der Waals surface area (Å²) in [5, 5.41) is 10.8. The fourth-order valence-electron chi connectivity index (χ4n) is 4.00. The summed E-state index contributed by atoms with van der Waals surface area (Å²) >= 11 is 0. The van der Waals surface area contributed by atoms with E-state index in [4.69, 9.17) is 37.9 Å². The van der Waals surface area contributed by atoms with E-state index in [0.29, 0.717) is 0 Å². The number of nitro benzene ring substituents is 1. The molecule has 1 aromatic carbocycles. The number of fused-ring (bicyclic) bond motifs is 1. The Kier molecular flexibility index (Phi) is 8.24. The van der Waals surface area contributed by atoms with Crippen LogP contribution in [0.25, 0.3) is 0 Å². The van der Waals surface area contributed by atoms with Gasteiger partial charge in [-0.1, -0.05) is 0 Å². The Morgan fingerprint density at radius 2 is 1.65 bits per heavy atom. The van der Waals surface area contributed by atoms with Gasteiger partial charge in [0.25, 0.3) is 5.69 Å². The molecule has 7 atom stereocenters. The largest absolute Gasteiger partial charge is 0.454 e. The summed E-state index contributed by atoms with van der Waals surface area (Å²) in [4.78, 5) is 22.2. The van der Waals surface area contributed by atoms with Crippen molar-refractivity contribution in [2.45, 2.75) is 69.7 Å². The smallest absolute Gasteiger partial charge is 0.303 e. The van der Waals surface area contributed by atoms with Gasteiger partial charge in [0.2, 0.25) is 11.6 Å². The molecule has 0 saturated carbocycles. The summed E-state index contributed by atoms with van der Waals surface area (Å²) in [5.74, 6) is -3.19. The van der Waals surface area contributed by atoms with Crippen molar-refractivity contribution < 1.29 is 47.6 Å². The molecule has 0 unspecified atom stereocenters. The van der Waals surface area contributed by atoms with Crippen LogP contribution in [0.15, 0.2) is 24.3 Å². The normalized spacial score (nSPS) is 35.4. The predicted molar refractivity (Wildman–Crippen MR) is 115 cm³/mol. The molecule has 190 valence electrons. The summed E-state index contributed by atoms with van der Waals surface area (Å²) in [6, 6.07) is 6.04. The molecule has 12 nitrogen and oxygen atoms in total. The first-order valence-corrected chi connectivity index (χ1v) is 10.7. The molecule has 0 spiro atoms. The predicted octanol–water partition coefficient (Wildman–Crippen LogP) is 1.92. The lowest BCUT2D eigenvalue weighted by molar-refractivity contribution is -0.479. The van der Waals surface area contributed by atoms with Crippen molar-refractivity contribution in [2.75, 3.05) is 27.9 Å². The van der Waals surface area contributed by atoms with Crippen LogP contribution in [0.5, 0.6) is 0 Å². The Balaban J connectivity index is 1.80. The molecule has 0 N–H and O–H groups in total. The molecule has 0 aromatic heterocycles. The quantitative estimate of drug-likeness (QED) is 0.288. The number of nitrogens with zero attached hydrogens (tertiary/aromatic N) is 1. The van der Waals surface area contributed by atoms with Crippen LogP contribution >= 0.6 is 0 Å². The Morgan fingerprint density at radius 1 is 1.06 bits per heavy atom. The molecule has 2 aliphatic rings. The summed E-state index contributed by atoms with van der Waals surface area (Å²) in [6.45, 7) is 4.86. The molecule has 2 aliphatic heterocycles. The number of hydrogen-bond donors (Lipinski definition) is 0. The van der Waals surface area contributed by atoms with Gasteiger partial charge < -0.3 is 37.9 Å². The van der Waals surface area contributed by atoms with Crippen LogP contribution in [0, 0.1) is 10.1 Å². The monoisotopic (exact) mass is 485 g/mol. The third-order valence-corrected chi connectivity index (χ3v) is 6.15. The fourth-order valence-corrected chi connectivity index (χ4v) is 4.00. The van der Waals surface area contributed by atoms with Gasteiger partial charge in [-0.15, -0.1) is 0 Å². The standard InChI is InChI=1S/C22H31NO11/c1-13(24)31-19-18-17(33-21(2,28-5)22(3,29-6)34-18)16(32-20(19)27-4)12-30-11-14-7-9-15(10-8-14)23(25)26/h7-10,16-20H,11-12H2,1-6H3/t16-,17-,18+,19+,20+,21+,22+/m1/s1. The van der Waals surface area contributed by atoms with Crippen LogP contribution in [-0.4, -0.2) is 81.1 Å². The van der Waals surface area contributed by atoms with E-state index in [0.717, 1.165) is 5.56 Å². The third kappa shape index (κ3) is 5.23. The molecule has 2 fully saturated rings. The van der Waals surface area contributed by atoms with E-state index in [1.165, 1.54) is 40.4 Å². The minimum atomic E-state index is -1.33. The maximum absolute atomic E-state index is 11.8. The van der Waals surface area contributed by atoms with Gasteiger partial charge in [-0.25, -0.2) is 0 Å². The minimum absolute atomic E-state index is 0.00514. The Bertz CT molecular complexity index is 865. The Labute approximate surface area is 197 Å². The van der Waals surface area contributed by atoms with Crippen molar-refractivity contribution in [3.05, 3.63) is 39.9 Å². The molecule has 0 bridgehead atoms. The molecule has 0 amide bonds. The number of carbonyl (C=O) groups is 1. The molecule has 2 heterocycles. The Hall–Kier alpha value is -2.19. The lowest BCUT2D eigenvalue weighted by atomic mass is 9.94. The third-order valence-electron chi connectivity index (χ3n) is 6.15. The summed E-state index contributed by atoms with van der Waals surface area (Å²) in [5.41, 5.74) is 0.739. The number of carbonyl (C=O) groups excluding carboxylic acids is 1. The second-order valence-electron chi connectivity index (χ2n) is 8.26. The van der Waals surface area contributed by atoms with Gasteiger partial charge >= 0.3 is 5.97 Å². The number of rotatable bonds is 9. The average molecular weight is 485 g/mol. The molecule has 0 aliphatic carbocycles.